The number of hydrogen-bond donors (Lipinski definition) is 2. The van der Waals surface area contributed by atoms with Gasteiger partial charge >= 0.3 is 0 Å². The molecule has 0 aliphatic heterocycles. The van der Waals surface area contributed by atoms with Gasteiger partial charge in [-0.15, -0.1) is 0 Å². The van der Waals surface area contributed by atoms with E-state index in [1.165, 1.54) is 43.2 Å². The lowest BCUT2D eigenvalue weighted by molar-refractivity contribution is 0.288. The molecule has 0 amide bonds. The molecule has 0 unspecified atom stereocenters. The highest BCUT2D eigenvalue weighted by Crippen LogP contribution is 2.35. The van der Waals surface area contributed by atoms with Crippen LogP contribution in [0.1, 0.15) is 61.1 Å². The molecule has 128 valence electrons. The molecule has 24 heavy (non-hydrogen) atoms. The Morgan fingerprint density at radius 1 is 0.958 bits per heavy atom. The molecule has 0 saturated heterocycles. The number of hydrogen-bond acceptors (Lipinski definition) is 2. The van der Waals surface area contributed by atoms with E-state index in [9.17, 15) is 0 Å². The maximum Gasteiger partial charge on any atom is 0.0434 e. The summed E-state index contributed by atoms with van der Waals surface area (Å²) in [5, 5.41) is 12.4. The molecule has 1 aliphatic rings. The summed E-state index contributed by atoms with van der Waals surface area (Å²) in [6, 6.07) is 15.3. The predicted molar refractivity (Wildman–Crippen MR) is 102 cm³/mol. The molecular weight excluding hydrogens is 294 g/mol. The molecule has 1 aliphatic carbocycles. The van der Waals surface area contributed by atoms with Crippen molar-refractivity contribution in [2.45, 2.75) is 57.8 Å². The minimum absolute atomic E-state index is 0.257. The number of anilines is 2. The minimum Gasteiger partial charge on any atom is -0.396 e. The van der Waals surface area contributed by atoms with E-state index in [1.54, 1.807) is 5.56 Å². The molecule has 2 heteroatoms. The molecule has 0 aromatic heterocycles. The molecule has 0 spiro atoms. The molecule has 0 bridgehead atoms. The predicted octanol–water partition coefficient (Wildman–Crippen LogP) is 5.71. The quantitative estimate of drug-likeness (QED) is 0.713. The Labute approximate surface area is 145 Å². The molecule has 2 aromatic rings. The molecule has 0 radical (unpaired) electrons. The maximum absolute atomic E-state index is 8.91. The molecule has 1 fully saturated rings. The normalized spacial score (nSPS) is 15.4. The fraction of sp³-hybridized carbons (Fsp3) is 0.455. The Hall–Kier alpha value is -1.80. The van der Waals surface area contributed by atoms with Crippen LogP contribution >= 0.6 is 0 Å². The lowest BCUT2D eigenvalue weighted by Gasteiger charge is -2.24. The molecule has 0 atom stereocenters. The molecule has 0 heterocycles. The third-order valence-corrected chi connectivity index (χ3v) is 5.18. The van der Waals surface area contributed by atoms with Crippen molar-refractivity contribution in [1.29, 1.82) is 0 Å². The van der Waals surface area contributed by atoms with E-state index in [2.05, 4.69) is 54.7 Å². The van der Waals surface area contributed by atoms with Crippen molar-refractivity contribution in [1.82, 2.24) is 0 Å². The molecule has 2 N–H and O–H groups in total. The van der Waals surface area contributed by atoms with Crippen molar-refractivity contribution in [3.8, 4) is 0 Å². The fourth-order valence-electron chi connectivity index (χ4n) is 3.83. The third-order valence-electron chi connectivity index (χ3n) is 5.18. The second-order valence-electron chi connectivity index (χ2n) is 7.06. The lowest BCUT2D eigenvalue weighted by atomic mass is 9.82. The largest absolute Gasteiger partial charge is 0.396 e. The van der Waals surface area contributed by atoms with E-state index in [0.29, 0.717) is 0 Å². The van der Waals surface area contributed by atoms with E-state index in [-0.39, 0.29) is 6.61 Å². The van der Waals surface area contributed by atoms with E-state index >= 15 is 0 Å². The zero-order chi connectivity index (χ0) is 16.8. The number of nitrogens with one attached hydrogen (secondary N) is 1. The summed E-state index contributed by atoms with van der Waals surface area (Å²) < 4.78 is 0. The Morgan fingerprint density at radius 3 is 2.33 bits per heavy atom. The van der Waals surface area contributed by atoms with Crippen LogP contribution in [0.5, 0.6) is 0 Å². The van der Waals surface area contributed by atoms with Crippen molar-refractivity contribution >= 4 is 11.4 Å². The topological polar surface area (TPSA) is 32.3 Å². The van der Waals surface area contributed by atoms with E-state index < -0.39 is 0 Å². The first kappa shape index (κ1) is 17.0. The van der Waals surface area contributed by atoms with Crippen molar-refractivity contribution < 1.29 is 5.11 Å². The number of aliphatic hydroxyl groups is 1. The lowest BCUT2D eigenvalue weighted by Crippen LogP contribution is -2.06. The van der Waals surface area contributed by atoms with Gasteiger partial charge in [-0.05, 0) is 79.5 Å². The Kier molecular flexibility index (Phi) is 5.92. The van der Waals surface area contributed by atoms with E-state index in [4.69, 9.17) is 5.11 Å². The number of rotatable bonds is 6. The SMILES string of the molecule is Cc1cc(Nc2ccc(CCCO)cc2)ccc1C1CCCCC1. The first-order valence-corrected chi connectivity index (χ1v) is 9.33. The van der Waals surface area contributed by atoms with Gasteiger partial charge in [0.2, 0.25) is 0 Å². The van der Waals surface area contributed by atoms with Gasteiger partial charge in [0.15, 0.2) is 0 Å². The molecule has 2 nitrogen and oxygen atoms in total. The fourth-order valence-corrected chi connectivity index (χ4v) is 3.83. The second kappa shape index (κ2) is 8.34. The first-order valence-electron chi connectivity index (χ1n) is 9.33. The molecule has 3 rings (SSSR count). The Balaban J connectivity index is 1.65. The zero-order valence-corrected chi connectivity index (χ0v) is 14.7. The van der Waals surface area contributed by atoms with Gasteiger partial charge in [-0.3, -0.25) is 0 Å². The van der Waals surface area contributed by atoms with Gasteiger partial charge < -0.3 is 10.4 Å². The van der Waals surface area contributed by atoms with Gasteiger partial charge in [-0.1, -0.05) is 37.5 Å². The van der Waals surface area contributed by atoms with Crippen LogP contribution in [0.15, 0.2) is 42.5 Å². The molecular formula is C22H29NO. The van der Waals surface area contributed by atoms with Gasteiger partial charge in [-0.2, -0.15) is 0 Å². The third kappa shape index (κ3) is 4.39. The van der Waals surface area contributed by atoms with Crippen molar-refractivity contribution in [2.75, 3.05) is 11.9 Å². The summed E-state index contributed by atoms with van der Waals surface area (Å²) in [6.07, 6.45) is 8.63. The highest BCUT2D eigenvalue weighted by Gasteiger charge is 2.17. The first-order chi connectivity index (χ1) is 11.8. The number of aryl methyl sites for hydroxylation is 2. The minimum atomic E-state index is 0.257. The Morgan fingerprint density at radius 2 is 1.67 bits per heavy atom. The average molecular weight is 323 g/mol. The van der Waals surface area contributed by atoms with Crippen LogP contribution in [-0.4, -0.2) is 11.7 Å². The summed E-state index contributed by atoms with van der Waals surface area (Å²) in [4.78, 5) is 0. The van der Waals surface area contributed by atoms with Crippen LogP contribution in [0.25, 0.3) is 0 Å². The standard InChI is InChI=1S/C22H29NO/c1-17-16-21(13-14-22(17)19-7-3-2-4-8-19)23-20-11-9-18(10-12-20)6-5-15-24/h9-14,16,19,23-24H,2-8,15H2,1H3. The van der Waals surface area contributed by atoms with E-state index in [1.807, 2.05) is 0 Å². The highest BCUT2D eigenvalue weighted by atomic mass is 16.2. The summed E-state index contributed by atoms with van der Waals surface area (Å²) in [5.74, 6) is 0.763. The average Bonchev–Trinajstić information content (AvgIpc) is 2.62. The van der Waals surface area contributed by atoms with Crippen LogP contribution in [0.4, 0.5) is 11.4 Å². The van der Waals surface area contributed by atoms with Crippen molar-refractivity contribution in [3.63, 3.8) is 0 Å². The van der Waals surface area contributed by atoms with Gasteiger partial charge in [0.25, 0.3) is 0 Å². The van der Waals surface area contributed by atoms with Crippen molar-refractivity contribution in [3.05, 3.63) is 59.2 Å². The van der Waals surface area contributed by atoms with Gasteiger partial charge in [0.05, 0.1) is 0 Å². The maximum atomic E-state index is 8.91. The highest BCUT2D eigenvalue weighted by molar-refractivity contribution is 5.61. The van der Waals surface area contributed by atoms with Crippen LogP contribution in [-0.2, 0) is 6.42 Å². The van der Waals surface area contributed by atoms with E-state index in [0.717, 1.165) is 30.1 Å². The van der Waals surface area contributed by atoms with Crippen LogP contribution in [0.2, 0.25) is 0 Å². The molecule has 1 saturated carbocycles. The summed E-state index contributed by atoms with van der Waals surface area (Å²) in [6.45, 7) is 2.50. The zero-order valence-electron chi connectivity index (χ0n) is 14.7. The van der Waals surface area contributed by atoms with Crippen molar-refractivity contribution in [2.24, 2.45) is 0 Å². The van der Waals surface area contributed by atoms with Gasteiger partial charge in [0.1, 0.15) is 0 Å². The smallest absolute Gasteiger partial charge is 0.0434 e. The number of aliphatic hydroxyl groups excluding tert-OH is 1. The van der Waals surface area contributed by atoms with Gasteiger partial charge in [0, 0.05) is 18.0 Å². The monoisotopic (exact) mass is 323 g/mol. The van der Waals surface area contributed by atoms with Crippen LogP contribution in [0.3, 0.4) is 0 Å². The van der Waals surface area contributed by atoms with Gasteiger partial charge in [-0.25, -0.2) is 0 Å². The molecule has 2 aromatic carbocycles. The second-order valence-corrected chi connectivity index (χ2v) is 7.06. The number of benzene rings is 2. The summed E-state index contributed by atoms with van der Waals surface area (Å²) >= 11 is 0. The summed E-state index contributed by atoms with van der Waals surface area (Å²) in [7, 11) is 0. The van der Waals surface area contributed by atoms with Crippen LogP contribution in [0, 0.1) is 6.92 Å². The van der Waals surface area contributed by atoms with Crippen LogP contribution < -0.4 is 5.32 Å². The summed E-state index contributed by atoms with van der Waals surface area (Å²) in [5.41, 5.74) is 6.51. The Bertz CT molecular complexity index is 642.